The molecule has 8 heteroatoms. The standard InChI is InChI=1S/C7H15N2O5P/c10-7-8-15(11,12)14-6-3-9-1-4-13-5-2-9/h7H,1-6H2,(H2,8,10,11,12). The van der Waals surface area contributed by atoms with Crippen LogP contribution in [-0.4, -0.2) is 55.7 Å². The van der Waals surface area contributed by atoms with E-state index in [1.807, 2.05) is 0 Å². The van der Waals surface area contributed by atoms with E-state index in [0.29, 0.717) is 19.8 Å². The van der Waals surface area contributed by atoms with Crippen LogP contribution in [0, 0.1) is 0 Å². The van der Waals surface area contributed by atoms with Crippen LogP contribution >= 0.6 is 7.75 Å². The van der Waals surface area contributed by atoms with Crippen molar-refractivity contribution >= 4 is 14.2 Å². The van der Waals surface area contributed by atoms with Crippen LogP contribution in [0.5, 0.6) is 0 Å². The van der Waals surface area contributed by atoms with Gasteiger partial charge in [-0.05, 0) is 0 Å². The molecule has 0 bridgehead atoms. The molecule has 0 saturated carbocycles. The van der Waals surface area contributed by atoms with Gasteiger partial charge in [0.05, 0.1) is 19.8 Å². The molecule has 1 rings (SSSR count). The maximum absolute atomic E-state index is 11.0. The van der Waals surface area contributed by atoms with E-state index in [9.17, 15) is 9.36 Å². The van der Waals surface area contributed by atoms with Crippen LogP contribution in [-0.2, 0) is 18.6 Å². The SMILES string of the molecule is O=CNP(=O)(O)OCCN1CCOCC1. The molecular weight excluding hydrogens is 223 g/mol. The first kappa shape index (κ1) is 12.6. The third-order valence-corrected chi connectivity index (χ3v) is 2.96. The van der Waals surface area contributed by atoms with E-state index in [1.54, 1.807) is 5.09 Å². The topological polar surface area (TPSA) is 88.1 Å². The van der Waals surface area contributed by atoms with E-state index in [2.05, 4.69) is 9.42 Å². The Morgan fingerprint density at radius 1 is 1.53 bits per heavy atom. The van der Waals surface area contributed by atoms with Gasteiger partial charge in [0.25, 0.3) is 0 Å². The van der Waals surface area contributed by atoms with Crippen molar-refractivity contribution in [1.82, 2.24) is 9.99 Å². The minimum atomic E-state index is -3.94. The average Bonchev–Trinajstić information content (AvgIpc) is 2.19. The summed E-state index contributed by atoms with van der Waals surface area (Å²) in [6.07, 6.45) is 0.148. The lowest BCUT2D eigenvalue weighted by molar-refractivity contribution is -0.108. The molecule has 88 valence electrons. The lowest BCUT2D eigenvalue weighted by atomic mass is 10.4. The highest BCUT2D eigenvalue weighted by Gasteiger charge is 2.18. The first-order valence-electron chi connectivity index (χ1n) is 4.63. The molecule has 0 aromatic heterocycles. The van der Waals surface area contributed by atoms with Crippen molar-refractivity contribution in [3.05, 3.63) is 0 Å². The largest absolute Gasteiger partial charge is 0.432 e. The van der Waals surface area contributed by atoms with Gasteiger partial charge >= 0.3 is 7.75 Å². The second kappa shape index (κ2) is 6.19. The fourth-order valence-electron chi connectivity index (χ4n) is 1.22. The molecule has 0 aromatic carbocycles. The normalized spacial score (nSPS) is 21.9. The van der Waals surface area contributed by atoms with Crippen molar-refractivity contribution in [2.45, 2.75) is 0 Å². The number of carbonyl (C=O) groups excluding carboxylic acids is 1. The highest BCUT2D eigenvalue weighted by Crippen LogP contribution is 2.35. The van der Waals surface area contributed by atoms with E-state index >= 15 is 0 Å². The molecule has 1 aliphatic heterocycles. The molecule has 1 atom stereocenters. The highest BCUT2D eigenvalue weighted by molar-refractivity contribution is 7.51. The van der Waals surface area contributed by atoms with E-state index in [0.717, 1.165) is 13.1 Å². The molecule has 1 unspecified atom stereocenters. The van der Waals surface area contributed by atoms with Gasteiger partial charge in [-0.25, -0.2) is 4.57 Å². The Labute approximate surface area is 87.9 Å². The number of hydrogen-bond donors (Lipinski definition) is 2. The molecule has 0 aromatic rings. The van der Waals surface area contributed by atoms with E-state index in [1.165, 1.54) is 0 Å². The quantitative estimate of drug-likeness (QED) is 0.464. The van der Waals surface area contributed by atoms with Gasteiger partial charge in [0, 0.05) is 19.6 Å². The smallest absolute Gasteiger partial charge is 0.379 e. The Kier molecular flexibility index (Phi) is 5.21. The molecule has 7 nitrogen and oxygen atoms in total. The molecule has 2 N–H and O–H groups in total. The maximum atomic E-state index is 11.0. The third-order valence-electron chi connectivity index (χ3n) is 1.99. The zero-order chi connectivity index (χ0) is 11.1. The molecule has 0 aliphatic carbocycles. The molecule has 1 amide bonds. The van der Waals surface area contributed by atoms with Gasteiger partial charge in [-0.15, -0.1) is 0 Å². The second-order valence-electron chi connectivity index (χ2n) is 3.05. The number of hydrogen-bond acceptors (Lipinski definition) is 5. The van der Waals surface area contributed by atoms with E-state index < -0.39 is 7.75 Å². The van der Waals surface area contributed by atoms with Gasteiger partial charge in [-0.1, -0.05) is 0 Å². The van der Waals surface area contributed by atoms with Crippen LogP contribution in [0.4, 0.5) is 0 Å². The van der Waals surface area contributed by atoms with Crippen LogP contribution in [0.2, 0.25) is 0 Å². The Morgan fingerprint density at radius 2 is 2.20 bits per heavy atom. The zero-order valence-electron chi connectivity index (χ0n) is 8.29. The van der Waals surface area contributed by atoms with Gasteiger partial charge in [0.15, 0.2) is 0 Å². The number of carbonyl (C=O) groups is 1. The predicted octanol–water partition coefficient (Wildman–Crippen LogP) is -0.818. The van der Waals surface area contributed by atoms with Gasteiger partial charge in [0.2, 0.25) is 6.41 Å². The first-order chi connectivity index (χ1) is 7.14. The summed E-state index contributed by atoms with van der Waals surface area (Å²) in [4.78, 5) is 21.0. The Hall–Kier alpha value is -0.460. The van der Waals surface area contributed by atoms with Crippen molar-refractivity contribution in [2.75, 3.05) is 39.5 Å². The van der Waals surface area contributed by atoms with Crippen LogP contribution in [0.25, 0.3) is 0 Å². The van der Waals surface area contributed by atoms with Crippen LogP contribution in [0.15, 0.2) is 0 Å². The maximum Gasteiger partial charge on any atom is 0.432 e. The predicted molar refractivity (Wildman–Crippen MR) is 52.2 cm³/mol. The van der Waals surface area contributed by atoms with Gasteiger partial charge in [0.1, 0.15) is 0 Å². The number of nitrogens with zero attached hydrogens (tertiary/aromatic N) is 1. The number of morpholine rings is 1. The second-order valence-corrected chi connectivity index (χ2v) is 4.61. The first-order valence-corrected chi connectivity index (χ1v) is 6.21. The summed E-state index contributed by atoms with van der Waals surface area (Å²) < 4.78 is 20.8. The van der Waals surface area contributed by atoms with Crippen molar-refractivity contribution in [2.24, 2.45) is 0 Å². The third kappa shape index (κ3) is 5.25. The summed E-state index contributed by atoms with van der Waals surface area (Å²) in [6, 6.07) is 0. The number of amides is 1. The Bertz CT molecular complexity index is 244. The molecule has 1 fully saturated rings. The fraction of sp³-hybridized carbons (Fsp3) is 0.857. The van der Waals surface area contributed by atoms with Crippen molar-refractivity contribution in [1.29, 1.82) is 0 Å². The highest BCUT2D eigenvalue weighted by atomic mass is 31.2. The lowest BCUT2D eigenvalue weighted by Crippen LogP contribution is -2.38. The number of nitrogens with one attached hydrogen (secondary N) is 1. The molecular formula is C7H15N2O5P. The van der Waals surface area contributed by atoms with E-state index in [-0.39, 0.29) is 13.0 Å². The molecule has 0 radical (unpaired) electrons. The van der Waals surface area contributed by atoms with E-state index in [4.69, 9.17) is 9.63 Å². The minimum Gasteiger partial charge on any atom is -0.379 e. The summed E-state index contributed by atoms with van der Waals surface area (Å²) in [5.41, 5.74) is 0. The van der Waals surface area contributed by atoms with Crippen LogP contribution in [0.1, 0.15) is 0 Å². The Balaban J connectivity index is 2.14. The molecule has 1 heterocycles. The monoisotopic (exact) mass is 238 g/mol. The number of rotatable bonds is 6. The van der Waals surface area contributed by atoms with Crippen molar-refractivity contribution < 1.29 is 23.5 Å². The molecule has 0 spiro atoms. The molecule has 1 saturated heterocycles. The molecule has 15 heavy (non-hydrogen) atoms. The molecule has 1 aliphatic rings. The average molecular weight is 238 g/mol. The van der Waals surface area contributed by atoms with Crippen molar-refractivity contribution in [3.63, 3.8) is 0 Å². The van der Waals surface area contributed by atoms with Crippen LogP contribution < -0.4 is 5.09 Å². The van der Waals surface area contributed by atoms with Gasteiger partial charge in [-0.3, -0.25) is 19.3 Å². The summed E-state index contributed by atoms with van der Waals surface area (Å²) in [5, 5.41) is 1.72. The van der Waals surface area contributed by atoms with Crippen LogP contribution in [0.3, 0.4) is 0 Å². The summed E-state index contributed by atoms with van der Waals surface area (Å²) in [7, 11) is -3.94. The zero-order valence-corrected chi connectivity index (χ0v) is 9.19. The van der Waals surface area contributed by atoms with Crippen molar-refractivity contribution in [3.8, 4) is 0 Å². The lowest BCUT2D eigenvalue weighted by Gasteiger charge is -2.26. The fourth-order valence-corrected chi connectivity index (χ4v) is 1.76. The summed E-state index contributed by atoms with van der Waals surface area (Å²) >= 11 is 0. The summed E-state index contributed by atoms with van der Waals surface area (Å²) in [5.74, 6) is 0. The van der Waals surface area contributed by atoms with Gasteiger partial charge in [-0.2, -0.15) is 0 Å². The minimum absolute atomic E-state index is 0.106. The Morgan fingerprint density at radius 3 is 2.80 bits per heavy atom. The van der Waals surface area contributed by atoms with Gasteiger partial charge < -0.3 is 9.63 Å². The number of ether oxygens (including phenoxy) is 1. The summed E-state index contributed by atoms with van der Waals surface area (Å²) in [6.45, 7) is 3.58.